The highest BCUT2D eigenvalue weighted by Gasteiger charge is 2.36. The van der Waals surface area contributed by atoms with E-state index in [2.05, 4.69) is 0 Å². The number of hydrogen-bond acceptors (Lipinski definition) is 5. The number of carbonyl (C=O) groups is 1. The van der Waals surface area contributed by atoms with E-state index >= 15 is 0 Å². The number of nitrogens with zero attached hydrogens (tertiary/aromatic N) is 3. The average molecular weight is 470 g/mol. The first kappa shape index (κ1) is 22.7. The van der Waals surface area contributed by atoms with Gasteiger partial charge in [0.2, 0.25) is 26.0 Å². The first-order valence-corrected chi connectivity index (χ1v) is 14.3. The minimum atomic E-state index is -3.59. The summed E-state index contributed by atoms with van der Waals surface area (Å²) in [5, 5.41) is 0. The maximum Gasteiger partial charge on any atom is 0.243 e. The normalized spacial score (nSPS) is 24.0. The van der Waals surface area contributed by atoms with Crippen LogP contribution in [0.5, 0.6) is 0 Å². The van der Waals surface area contributed by atoms with Gasteiger partial charge in [0.15, 0.2) is 0 Å². The van der Waals surface area contributed by atoms with E-state index in [1.165, 1.54) is 20.4 Å². The van der Waals surface area contributed by atoms with Crippen molar-refractivity contribution in [3.8, 4) is 0 Å². The molecule has 172 valence electrons. The molecule has 2 aliphatic heterocycles. The van der Waals surface area contributed by atoms with Crippen molar-refractivity contribution in [1.29, 1.82) is 0 Å². The van der Waals surface area contributed by atoms with Crippen molar-refractivity contribution in [2.24, 2.45) is 5.92 Å². The van der Waals surface area contributed by atoms with Crippen molar-refractivity contribution in [2.75, 3.05) is 45.5 Å². The van der Waals surface area contributed by atoms with E-state index in [9.17, 15) is 21.6 Å². The zero-order valence-electron chi connectivity index (χ0n) is 18.0. The molecular formula is C21H31N3O5S2. The highest BCUT2D eigenvalue weighted by Crippen LogP contribution is 2.27. The predicted molar refractivity (Wildman–Crippen MR) is 118 cm³/mol. The van der Waals surface area contributed by atoms with Crippen LogP contribution < -0.4 is 0 Å². The fourth-order valence-electron chi connectivity index (χ4n) is 4.87. The molecule has 0 radical (unpaired) electrons. The van der Waals surface area contributed by atoms with E-state index in [0.717, 1.165) is 31.2 Å². The molecule has 2 fully saturated rings. The third-order valence-corrected chi connectivity index (χ3v) is 9.87. The van der Waals surface area contributed by atoms with Crippen LogP contribution in [0, 0.1) is 5.92 Å². The number of sulfonamides is 2. The number of piperazine rings is 1. The Hall–Kier alpha value is -1.49. The molecular weight excluding hydrogens is 438 g/mol. The molecule has 1 aromatic carbocycles. The van der Waals surface area contributed by atoms with Gasteiger partial charge in [0.1, 0.15) is 0 Å². The summed E-state index contributed by atoms with van der Waals surface area (Å²) in [7, 11) is -6.90. The topological polar surface area (TPSA) is 95.1 Å². The number of hydrogen-bond donors (Lipinski definition) is 0. The summed E-state index contributed by atoms with van der Waals surface area (Å²) in [5.41, 5.74) is 2.38. The molecule has 0 spiro atoms. The molecule has 4 rings (SSSR count). The maximum absolute atomic E-state index is 13.2. The number of aryl methyl sites for hydroxylation is 2. The second-order valence-corrected chi connectivity index (χ2v) is 12.7. The quantitative estimate of drug-likeness (QED) is 0.657. The predicted octanol–water partition coefficient (Wildman–Crippen LogP) is 1.07. The summed E-state index contributed by atoms with van der Waals surface area (Å²) in [4.78, 5) is 15.0. The minimum absolute atomic E-state index is 0.0702. The highest BCUT2D eigenvalue weighted by molar-refractivity contribution is 7.89. The summed E-state index contributed by atoms with van der Waals surface area (Å²) < 4.78 is 52.8. The van der Waals surface area contributed by atoms with Crippen molar-refractivity contribution in [1.82, 2.24) is 13.5 Å². The van der Waals surface area contributed by atoms with Gasteiger partial charge in [-0.1, -0.05) is 6.07 Å². The molecule has 1 aromatic rings. The van der Waals surface area contributed by atoms with Gasteiger partial charge < -0.3 is 4.90 Å². The molecule has 2 heterocycles. The van der Waals surface area contributed by atoms with Gasteiger partial charge in [-0.25, -0.2) is 21.1 Å². The van der Waals surface area contributed by atoms with E-state index in [1.54, 1.807) is 11.0 Å². The third kappa shape index (κ3) is 4.81. The van der Waals surface area contributed by atoms with E-state index in [0.29, 0.717) is 37.4 Å². The van der Waals surface area contributed by atoms with E-state index in [1.807, 2.05) is 12.1 Å². The Morgan fingerprint density at radius 3 is 2.23 bits per heavy atom. The van der Waals surface area contributed by atoms with Crippen LogP contribution in [0.2, 0.25) is 0 Å². The molecule has 2 saturated heterocycles. The molecule has 1 aliphatic carbocycles. The van der Waals surface area contributed by atoms with Gasteiger partial charge in [-0.15, -0.1) is 0 Å². The van der Waals surface area contributed by atoms with Crippen LogP contribution in [-0.2, 0) is 37.7 Å². The third-order valence-electron chi connectivity index (χ3n) is 6.71. The standard InChI is InChI=1S/C21H31N3O5S2/c1-30(26,27)24-10-4-7-19(16-24)21(25)22-11-13-23(14-12-22)31(28,29)20-9-8-17-5-2-3-6-18(17)15-20/h8-9,15,19H,2-7,10-14,16H2,1H3. The molecule has 10 heteroatoms. The van der Waals surface area contributed by atoms with Gasteiger partial charge >= 0.3 is 0 Å². The molecule has 3 aliphatic rings. The van der Waals surface area contributed by atoms with Gasteiger partial charge in [-0.05, 0) is 61.8 Å². The number of rotatable bonds is 4. The lowest BCUT2D eigenvalue weighted by Gasteiger charge is -2.38. The molecule has 31 heavy (non-hydrogen) atoms. The average Bonchev–Trinajstić information content (AvgIpc) is 2.78. The minimum Gasteiger partial charge on any atom is -0.340 e. The van der Waals surface area contributed by atoms with Crippen LogP contribution in [0.3, 0.4) is 0 Å². The first-order valence-electron chi connectivity index (χ1n) is 11.0. The smallest absolute Gasteiger partial charge is 0.243 e. The van der Waals surface area contributed by atoms with Crippen LogP contribution in [0.1, 0.15) is 36.8 Å². The SMILES string of the molecule is CS(=O)(=O)N1CCCC(C(=O)N2CCN(S(=O)(=O)c3ccc4c(c3)CCCC4)CC2)C1. The van der Waals surface area contributed by atoms with Crippen molar-refractivity contribution in [2.45, 2.75) is 43.4 Å². The maximum atomic E-state index is 13.2. The summed E-state index contributed by atoms with van der Waals surface area (Å²) in [6.45, 7) is 1.85. The first-order chi connectivity index (χ1) is 14.7. The fourth-order valence-corrected chi connectivity index (χ4v) is 7.26. The lowest BCUT2D eigenvalue weighted by Crippen LogP contribution is -2.53. The summed E-state index contributed by atoms with van der Waals surface area (Å²) in [5.74, 6) is -0.425. The Balaban J connectivity index is 1.39. The molecule has 0 bridgehead atoms. The highest BCUT2D eigenvalue weighted by atomic mass is 32.2. The van der Waals surface area contributed by atoms with E-state index in [4.69, 9.17) is 0 Å². The molecule has 0 saturated carbocycles. The van der Waals surface area contributed by atoms with E-state index in [-0.39, 0.29) is 31.5 Å². The largest absolute Gasteiger partial charge is 0.340 e. The molecule has 0 aromatic heterocycles. The number of benzene rings is 1. The Kier molecular flexibility index (Phi) is 6.44. The second-order valence-electron chi connectivity index (χ2n) is 8.83. The number of amides is 1. The Labute approximate surface area is 185 Å². The zero-order chi connectivity index (χ0) is 22.2. The van der Waals surface area contributed by atoms with Gasteiger partial charge in [0.05, 0.1) is 17.1 Å². The zero-order valence-corrected chi connectivity index (χ0v) is 19.6. The number of fused-ring (bicyclic) bond motifs is 1. The van der Waals surface area contributed by atoms with Gasteiger partial charge in [-0.3, -0.25) is 4.79 Å². The van der Waals surface area contributed by atoms with E-state index < -0.39 is 20.0 Å². The Morgan fingerprint density at radius 1 is 0.871 bits per heavy atom. The lowest BCUT2D eigenvalue weighted by molar-refractivity contribution is -0.137. The van der Waals surface area contributed by atoms with Crippen LogP contribution in [-0.4, -0.2) is 81.8 Å². The van der Waals surface area contributed by atoms with Crippen molar-refractivity contribution in [3.05, 3.63) is 29.3 Å². The van der Waals surface area contributed by atoms with Crippen molar-refractivity contribution < 1.29 is 21.6 Å². The van der Waals surface area contributed by atoms with Gasteiger partial charge in [0.25, 0.3) is 0 Å². The monoisotopic (exact) mass is 469 g/mol. The van der Waals surface area contributed by atoms with Crippen molar-refractivity contribution >= 4 is 26.0 Å². The summed E-state index contributed by atoms with van der Waals surface area (Å²) >= 11 is 0. The van der Waals surface area contributed by atoms with Gasteiger partial charge in [0, 0.05) is 39.3 Å². The molecule has 0 N–H and O–H groups in total. The molecule has 8 nitrogen and oxygen atoms in total. The Morgan fingerprint density at radius 2 is 1.55 bits per heavy atom. The number of carbonyl (C=O) groups excluding carboxylic acids is 1. The van der Waals surface area contributed by atoms with Crippen LogP contribution >= 0.6 is 0 Å². The van der Waals surface area contributed by atoms with Crippen LogP contribution in [0.25, 0.3) is 0 Å². The molecule has 1 atom stereocenters. The second kappa shape index (κ2) is 8.80. The molecule has 1 amide bonds. The van der Waals surface area contributed by atoms with Crippen LogP contribution in [0.15, 0.2) is 23.1 Å². The molecule has 1 unspecified atom stereocenters. The Bertz CT molecular complexity index is 1050. The van der Waals surface area contributed by atoms with Crippen molar-refractivity contribution in [3.63, 3.8) is 0 Å². The number of piperidine rings is 1. The lowest BCUT2D eigenvalue weighted by atomic mass is 9.92. The fraction of sp³-hybridized carbons (Fsp3) is 0.667. The summed E-state index contributed by atoms with van der Waals surface area (Å²) in [6.07, 6.45) is 6.67. The summed E-state index contributed by atoms with van der Waals surface area (Å²) in [6, 6.07) is 5.47. The van der Waals surface area contributed by atoms with Gasteiger partial charge in [-0.2, -0.15) is 4.31 Å². The van der Waals surface area contributed by atoms with Crippen LogP contribution in [0.4, 0.5) is 0 Å².